The Morgan fingerprint density at radius 1 is 1.16 bits per heavy atom. The predicted molar refractivity (Wildman–Crippen MR) is 126 cm³/mol. The lowest BCUT2D eigenvalue weighted by Crippen LogP contribution is -2.31. The zero-order valence-electron chi connectivity index (χ0n) is 18.1. The number of rotatable bonds is 10. The van der Waals surface area contributed by atoms with Crippen molar-refractivity contribution in [2.75, 3.05) is 6.54 Å². The summed E-state index contributed by atoms with van der Waals surface area (Å²) in [4.78, 5) is 4.86. The van der Waals surface area contributed by atoms with Gasteiger partial charge in [0.1, 0.15) is 17.4 Å². The molecule has 0 atom stereocenters. The number of nitrogens with zero attached hydrogens (tertiary/aromatic N) is 2. The van der Waals surface area contributed by atoms with Gasteiger partial charge in [0.15, 0.2) is 0 Å². The zero-order valence-corrected chi connectivity index (χ0v) is 19.7. The van der Waals surface area contributed by atoms with Gasteiger partial charge in [-0.3, -0.25) is 0 Å². The Hall–Kier alpha value is -2.48. The molecule has 0 fully saturated rings. The smallest absolute Gasteiger partial charge is 0.243 e. The molecule has 0 radical (unpaired) electrons. The molecule has 1 heterocycles. The molecule has 2 aromatic carbocycles. The van der Waals surface area contributed by atoms with Crippen molar-refractivity contribution in [1.82, 2.24) is 9.29 Å². The first-order chi connectivity index (χ1) is 14.8. The molecule has 164 valence electrons. The molecule has 0 aliphatic carbocycles. The molecular weight excluding hydrogens is 428 g/mol. The minimum absolute atomic E-state index is 0.182. The van der Waals surface area contributed by atoms with Crippen LogP contribution in [0.5, 0.6) is 5.75 Å². The molecule has 0 spiro atoms. The summed E-state index contributed by atoms with van der Waals surface area (Å²) in [5.41, 5.74) is 2.86. The molecule has 0 bridgehead atoms. The first-order valence-corrected chi connectivity index (χ1v) is 12.5. The third kappa shape index (κ3) is 5.81. The van der Waals surface area contributed by atoms with Gasteiger partial charge in [-0.05, 0) is 36.6 Å². The minimum Gasteiger partial charge on any atom is -0.486 e. The van der Waals surface area contributed by atoms with Crippen molar-refractivity contribution < 1.29 is 13.2 Å². The number of ether oxygens (including phenoxy) is 1. The van der Waals surface area contributed by atoms with Gasteiger partial charge in [-0.15, -0.1) is 17.9 Å². The Kier molecular flexibility index (Phi) is 7.64. The highest BCUT2D eigenvalue weighted by Crippen LogP contribution is 2.27. The van der Waals surface area contributed by atoms with Gasteiger partial charge in [-0.2, -0.15) is 4.31 Å². The summed E-state index contributed by atoms with van der Waals surface area (Å²) in [6, 6.07) is 14.9. The largest absolute Gasteiger partial charge is 0.486 e. The number of hydrogen-bond donors (Lipinski definition) is 0. The highest BCUT2D eigenvalue weighted by Gasteiger charge is 2.24. The maximum absolute atomic E-state index is 13.1. The standard InChI is InChI=1S/C24H28N2O3S2/c1-5-14-26(31(27,28)21-12-10-19(4)11-13-21)15-20-17-30-24(25-20)16-29-23-9-7-6-8-22(23)18(2)3/h5-13,17-18H,1,14-16H2,2-4H3. The van der Waals surface area contributed by atoms with E-state index in [0.717, 1.165) is 21.9 Å². The van der Waals surface area contributed by atoms with Gasteiger partial charge in [0.25, 0.3) is 0 Å². The summed E-state index contributed by atoms with van der Waals surface area (Å²) >= 11 is 1.47. The van der Waals surface area contributed by atoms with E-state index in [0.29, 0.717) is 18.2 Å². The van der Waals surface area contributed by atoms with E-state index >= 15 is 0 Å². The molecule has 0 aliphatic heterocycles. The van der Waals surface area contributed by atoms with E-state index in [9.17, 15) is 8.42 Å². The molecule has 0 saturated carbocycles. The average molecular weight is 457 g/mol. The van der Waals surface area contributed by atoms with E-state index in [1.807, 2.05) is 30.5 Å². The average Bonchev–Trinajstić information content (AvgIpc) is 3.20. The lowest BCUT2D eigenvalue weighted by atomic mass is 10.0. The van der Waals surface area contributed by atoms with E-state index in [1.54, 1.807) is 30.3 Å². The van der Waals surface area contributed by atoms with Crippen molar-refractivity contribution >= 4 is 21.4 Å². The van der Waals surface area contributed by atoms with Crippen molar-refractivity contribution in [3.05, 3.63) is 88.4 Å². The topological polar surface area (TPSA) is 59.5 Å². The van der Waals surface area contributed by atoms with Gasteiger partial charge in [0.05, 0.1) is 17.1 Å². The summed E-state index contributed by atoms with van der Waals surface area (Å²) in [5, 5.41) is 2.69. The molecule has 0 amide bonds. The summed E-state index contributed by atoms with van der Waals surface area (Å²) in [5.74, 6) is 1.21. The molecule has 1 aromatic heterocycles. The van der Waals surface area contributed by atoms with Crippen LogP contribution in [0, 0.1) is 6.92 Å². The highest BCUT2D eigenvalue weighted by molar-refractivity contribution is 7.89. The number of thiazole rings is 1. The third-order valence-corrected chi connectivity index (χ3v) is 7.52. The molecular formula is C24H28N2O3S2. The Labute approximate surface area is 189 Å². The quantitative estimate of drug-likeness (QED) is 0.376. The van der Waals surface area contributed by atoms with Crippen LogP contribution in [0.15, 0.2) is 71.5 Å². The van der Waals surface area contributed by atoms with Crippen LogP contribution >= 0.6 is 11.3 Å². The molecule has 7 heteroatoms. The van der Waals surface area contributed by atoms with Crippen molar-refractivity contribution in [2.24, 2.45) is 0 Å². The predicted octanol–water partition coefficient (Wildman–Crippen LogP) is 5.53. The van der Waals surface area contributed by atoms with Crippen LogP contribution in [-0.2, 0) is 23.2 Å². The van der Waals surface area contributed by atoms with E-state index in [4.69, 9.17) is 4.74 Å². The van der Waals surface area contributed by atoms with Crippen LogP contribution in [0.1, 0.15) is 41.6 Å². The summed E-state index contributed by atoms with van der Waals surface area (Å²) < 4.78 is 33.6. The highest BCUT2D eigenvalue weighted by atomic mass is 32.2. The van der Waals surface area contributed by atoms with Crippen molar-refractivity contribution in [3.63, 3.8) is 0 Å². The fourth-order valence-corrected chi connectivity index (χ4v) is 5.23. The zero-order chi connectivity index (χ0) is 22.4. The van der Waals surface area contributed by atoms with E-state index in [1.165, 1.54) is 15.6 Å². The van der Waals surface area contributed by atoms with E-state index < -0.39 is 10.0 Å². The molecule has 31 heavy (non-hydrogen) atoms. The third-order valence-electron chi connectivity index (χ3n) is 4.82. The molecule has 3 aromatic rings. The number of aryl methyl sites for hydroxylation is 1. The van der Waals surface area contributed by atoms with Gasteiger partial charge in [-0.1, -0.05) is 55.8 Å². The Balaban J connectivity index is 1.72. The van der Waals surface area contributed by atoms with Crippen LogP contribution in [-0.4, -0.2) is 24.3 Å². The van der Waals surface area contributed by atoms with E-state index in [-0.39, 0.29) is 18.0 Å². The van der Waals surface area contributed by atoms with Crippen molar-refractivity contribution in [1.29, 1.82) is 0 Å². The first-order valence-electron chi connectivity index (χ1n) is 10.1. The Bertz CT molecular complexity index is 1120. The maximum atomic E-state index is 13.1. The lowest BCUT2D eigenvalue weighted by Gasteiger charge is -2.20. The van der Waals surface area contributed by atoms with Crippen LogP contribution in [0.4, 0.5) is 0 Å². The molecule has 0 aliphatic rings. The van der Waals surface area contributed by atoms with E-state index in [2.05, 4.69) is 31.5 Å². The molecule has 0 N–H and O–H groups in total. The lowest BCUT2D eigenvalue weighted by molar-refractivity contribution is 0.300. The van der Waals surface area contributed by atoms with Crippen molar-refractivity contribution in [2.45, 2.75) is 44.7 Å². The van der Waals surface area contributed by atoms with Crippen LogP contribution in [0.2, 0.25) is 0 Å². The van der Waals surface area contributed by atoms with Gasteiger partial charge in [0, 0.05) is 11.9 Å². The minimum atomic E-state index is -3.64. The second-order valence-corrected chi connectivity index (χ2v) is 10.5. The number of benzene rings is 2. The number of aromatic nitrogens is 1. The summed E-state index contributed by atoms with van der Waals surface area (Å²) in [7, 11) is -3.64. The van der Waals surface area contributed by atoms with Gasteiger partial charge >= 0.3 is 0 Å². The van der Waals surface area contributed by atoms with Crippen LogP contribution < -0.4 is 4.74 Å². The molecule has 0 unspecified atom stereocenters. The number of para-hydroxylation sites is 1. The van der Waals surface area contributed by atoms with Gasteiger partial charge < -0.3 is 4.74 Å². The number of sulfonamides is 1. The normalized spacial score (nSPS) is 11.8. The van der Waals surface area contributed by atoms with Gasteiger partial charge in [0.2, 0.25) is 10.0 Å². The SMILES string of the molecule is C=CCN(Cc1csc(COc2ccccc2C(C)C)n1)S(=O)(=O)c1ccc(C)cc1. The second kappa shape index (κ2) is 10.2. The monoisotopic (exact) mass is 456 g/mol. The second-order valence-electron chi connectivity index (χ2n) is 7.61. The van der Waals surface area contributed by atoms with Gasteiger partial charge in [-0.25, -0.2) is 13.4 Å². The summed E-state index contributed by atoms with van der Waals surface area (Å²) in [6.07, 6.45) is 1.59. The molecule has 5 nitrogen and oxygen atoms in total. The summed E-state index contributed by atoms with van der Waals surface area (Å²) in [6.45, 7) is 10.6. The molecule has 3 rings (SSSR count). The fourth-order valence-electron chi connectivity index (χ4n) is 3.15. The Morgan fingerprint density at radius 2 is 1.87 bits per heavy atom. The fraction of sp³-hybridized carbons (Fsp3) is 0.292. The maximum Gasteiger partial charge on any atom is 0.243 e. The van der Waals surface area contributed by atoms with Crippen molar-refractivity contribution in [3.8, 4) is 5.75 Å². The van der Waals surface area contributed by atoms with Crippen LogP contribution in [0.25, 0.3) is 0 Å². The molecule has 0 saturated heterocycles. The number of hydrogen-bond acceptors (Lipinski definition) is 5. The first kappa shape index (κ1) is 23.2. The Morgan fingerprint density at radius 3 is 2.55 bits per heavy atom. The van der Waals surface area contributed by atoms with Crippen LogP contribution in [0.3, 0.4) is 0 Å².